The lowest BCUT2D eigenvalue weighted by molar-refractivity contribution is -0.141. The van der Waals surface area contributed by atoms with E-state index in [1.165, 1.54) is 0 Å². The molecule has 2 aromatic carbocycles. The third kappa shape index (κ3) is 7.70. The first-order chi connectivity index (χ1) is 15.6. The van der Waals surface area contributed by atoms with Gasteiger partial charge in [0.05, 0.1) is 21.3 Å². The molecule has 2 rings (SSSR count). The molecule has 1 N–H and O–H groups in total. The fraction of sp³-hybridized carbons (Fsp3) is 0.462. The van der Waals surface area contributed by atoms with Gasteiger partial charge in [-0.1, -0.05) is 18.2 Å². The number of carbonyl (C=O) groups is 2. The molecule has 0 saturated heterocycles. The van der Waals surface area contributed by atoms with Gasteiger partial charge in [0.2, 0.25) is 11.8 Å². The molecule has 7 heteroatoms. The van der Waals surface area contributed by atoms with Crippen LogP contribution in [0.2, 0.25) is 0 Å². The molecule has 180 valence electrons. The summed E-state index contributed by atoms with van der Waals surface area (Å²) in [7, 11) is 4.78. The maximum absolute atomic E-state index is 13.3. The second kappa shape index (κ2) is 11.6. The van der Waals surface area contributed by atoms with Gasteiger partial charge in [0.1, 0.15) is 11.8 Å². The minimum atomic E-state index is -0.621. The Hall–Kier alpha value is -3.22. The number of nitrogens with zero attached hydrogens (tertiary/aromatic N) is 1. The van der Waals surface area contributed by atoms with Crippen molar-refractivity contribution < 1.29 is 23.8 Å². The lowest BCUT2D eigenvalue weighted by atomic mass is 10.1. The second-order valence-electron chi connectivity index (χ2n) is 8.97. The maximum Gasteiger partial charge on any atom is 0.242 e. The van der Waals surface area contributed by atoms with E-state index in [9.17, 15) is 9.59 Å². The first-order valence-electron chi connectivity index (χ1n) is 11.0. The monoisotopic (exact) mass is 456 g/mol. The van der Waals surface area contributed by atoms with Gasteiger partial charge < -0.3 is 24.4 Å². The van der Waals surface area contributed by atoms with Crippen LogP contribution in [0.4, 0.5) is 0 Å². The van der Waals surface area contributed by atoms with Gasteiger partial charge >= 0.3 is 0 Å². The Balaban J connectivity index is 2.19. The van der Waals surface area contributed by atoms with E-state index in [1.54, 1.807) is 33.2 Å². The van der Waals surface area contributed by atoms with Crippen molar-refractivity contribution in [1.82, 2.24) is 10.2 Å². The van der Waals surface area contributed by atoms with Crippen LogP contribution in [0, 0.1) is 0 Å². The van der Waals surface area contributed by atoms with Crippen molar-refractivity contribution in [2.45, 2.75) is 58.7 Å². The van der Waals surface area contributed by atoms with Gasteiger partial charge in [-0.3, -0.25) is 9.59 Å². The van der Waals surface area contributed by atoms with Crippen molar-refractivity contribution in [1.29, 1.82) is 0 Å². The van der Waals surface area contributed by atoms with Crippen molar-refractivity contribution in [2.24, 2.45) is 0 Å². The third-order valence-corrected chi connectivity index (χ3v) is 5.25. The van der Waals surface area contributed by atoms with Crippen LogP contribution >= 0.6 is 0 Å². The normalized spacial score (nSPS) is 12.0. The van der Waals surface area contributed by atoms with Crippen LogP contribution in [0.1, 0.15) is 45.2 Å². The average Bonchev–Trinajstić information content (AvgIpc) is 2.79. The Kier molecular flexibility index (Phi) is 9.14. The number of ether oxygens (including phenoxy) is 3. The Morgan fingerprint density at radius 3 is 2.06 bits per heavy atom. The molecular formula is C26H36N2O5. The number of hydrogen-bond donors (Lipinski definition) is 1. The summed E-state index contributed by atoms with van der Waals surface area (Å²) in [5.74, 6) is 1.72. The number of methoxy groups -OCH3 is 3. The Morgan fingerprint density at radius 2 is 1.52 bits per heavy atom. The summed E-state index contributed by atoms with van der Waals surface area (Å²) in [6.45, 7) is 7.85. The minimum absolute atomic E-state index is 0.0998. The molecule has 0 heterocycles. The van der Waals surface area contributed by atoms with E-state index in [1.807, 2.05) is 63.2 Å². The van der Waals surface area contributed by atoms with E-state index in [2.05, 4.69) is 5.32 Å². The molecule has 7 nitrogen and oxygen atoms in total. The summed E-state index contributed by atoms with van der Waals surface area (Å²) >= 11 is 0. The summed E-state index contributed by atoms with van der Waals surface area (Å²) in [5, 5.41) is 2.98. The van der Waals surface area contributed by atoms with Gasteiger partial charge in [0.25, 0.3) is 0 Å². The van der Waals surface area contributed by atoms with Crippen LogP contribution < -0.4 is 19.5 Å². The summed E-state index contributed by atoms with van der Waals surface area (Å²) in [6.07, 6.45) is 0.782. The quantitative estimate of drug-likeness (QED) is 0.585. The van der Waals surface area contributed by atoms with E-state index in [-0.39, 0.29) is 23.8 Å². The lowest BCUT2D eigenvalue weighted by Crippen LogP contribution is -2.52. The molecule has 2 amide bonds. The molecule has 0 radical (unpaired) electrons. The highest BCUT2D eigenvalue weighted by molar-refractivity contribution is 5.87. The van der Waals surface area contributed by atoms with E-state index in [0.29, 0.717) is 24.5 Å². The smallest absolute Gasteiger partial charge is 0.242 e. The number of hydrogen-bond acceptors (Lipinski definition) is 5. The Morgan fingerprint density at radius 1 is 0.909 bits per heavy atom. The van der Waals surface area contributed by atoms with Crippen LogP contribution in [0.15, 0.2) is 42.5 Å². The van der Waals surface area contributed by atoms with Crippen LogP contribution in [0.5, 0.6) is 17.2 Å². The van der Waals surface area contributed by atoms with Crippen LogP contribution in [-0.4, -0.2) is 49.6 Å². The number of amides is 2. The molecule has 33 heavy (non-hydrogen) atoms. The predicted molar refractivity (Wildman–Crippen MR) is 129 cm³/mol. The average molecular weight is 457 g/mol. The molecule has 1 atom stereocenters. The largest absolute Gasteiger partial charge is 0.497 e. The van der Waals surface area contributed by atoms with Gasteiger partial charge in [-0.2, -0.15) is 0 Å². The van der Waals surface area contributed by atoms with Crippen molar-refractivity contribution in [3.05, 3.63) is 53.6 Å². The molecule has 2 aromatic rings. The fourth-order valence-electron chi connectivity index (χ4n) is 3.42. The van der Waals surface area contributed by atoms with Crippen molar-refractivity contribution in [3.63, 3.8) is 0 Å². The lowest BCUT2D eigenvalue weighted by Gasteiger charge is -2.31. The van der Waals surface area contributed by atoms with E-state index < -0.39 is 6.04 Å². The van der Waals surface area contributed by atoms with Crippen LogP contribution in [0.3, 0.4) is 0 Å². The minimum Gasteiger partial charge on any atom is -0.497 e. The fourth-order valence-corrected chi connectivity index (χ4v) is 3.42. The number of benzene rings is 2. The Labute approximate surface area is 197 Å². The highest BCUT2D eigenvalue weighted by atomic mass is 16.5. The zero-order chi connectivity index (χ0) is 24.6. The first kappa shape index (κ1) is 26.0. The highest BCUT2D eigenvalue weighted by Gasteiger charge is 2.28. The molecule has 0 aliphatic carbocycles. The molecule has 0 fully saturated rings. The van der Waals surface area contributed by atoms with Crippen LogP contribution in [0.25, 0.3) is 0 Å². The zero-order valence-electron chi connectivity index (χ0n) is 20.7. The maximum atomic E-state index is 13.3. The third-order valence-electron chi connectivity index (χ3n) is 5.25. The molecule has 0 aliphatic rings. The first-order valence-corrected chi connectivity index (χ1v) is 11.0. The molecular weight excluding hydrogens is 420 g/mol. The summed E-state index contributed by atoms with van der Waals surface area (Å²) in [5.41, 5.74) is 1.49. The number of carbonyl (C=O) groups excluding carboxylic acids is 2. The molecule has 0 unspecified atom stereocenters. The topological polar surface area (TPSA) is 77.1 Å². The van der Waals surface area contributed by atoms with E-state index >= 15 is 0 Å². The highest BCUT2D eigenvalue weighted by Crippen LogP contribution is 2.28. The Bertz CT molecular complexity index is 935. The molecule has 0 aliphatic heterocycles. The summed E-state index contributed by atoms with van der Waals surface area (Å²) in [6, 6.07) is 12.5. The van der Waals surface area contributed by atoms with Crippen molar-refractivity contribution in [3.8, 4) is 17.2 Å². The second-order valence-corrected chi connectivity index (χ2v) is 8.97. The molecule has 0 saturated carbocycles. The van der Waals surface area contributed by atoms with E-state index in [0.717, 1.165) is 16.9 Å². The molecule has 0 aromatic heterocycles. The van der Waals surface area contributed by atoms with Crippen molar-refractivity contribution in [2.75, 3.05) is 21.3 Å². The number of rotatable bonds is 10. The van der Waals surface area contributed by atoms with Gasteiger partial charge in [-0.05, 0) is 69.5 Å². The van der Waals surface area contributed by atoms with E-state index in [4.69, 9.17) is 14.2 Å². The number of aryl methyl sites for hydroxylation is 1. The molecule has 0 bridgehead atoms. The van der Waals surface area contributed by atoms with Crippen molar-refractivity contribution >= 4 is 11.8 Å². The van der Waals surface area contributed by atoms with Gasteiger partial charge in [-0.15, -0.1) is 0 Å². The predicted octanol–water partition coefficient (Wildman–Crippen LogP) is 3.98. The van der Waals surface area contributed by atoms with Gasteiger partial charge in [-0.25, -0.2) is 0 Å². The zero-order valence-corrected chi connectivity index (χ0v) is 20.7. The van der Waals surface area contributed by atoms with Crippen LogP contribution in [-0.2, 0) is 22.6 Å². The number of nitrogens with one attached hydrogen (secondary N) is 1. The molecule has 0 spiro atoms. The summed E-state index contributed by atoms with van der Waals surface area (Å²) in [4.78, 5) is 27.8. The standard InChI is InChI=1S/C26H36N2O5/c1-18(25(30)27-26(2,3)4)28(17-20-8-12-21(31-5)13-9-20)24(29)15-11-19-10-14-22(32-6)23(16-19)33-7/h8-10,12-14,16,18H,11,15,17H2,1-7H3,(H,27,30)/t18-/m1/s1. The van der Waals surface area contributed by atoms with Gasteiger partial charge in [0, 0.05) is 18.5 Å². The summed E-state index contributed by atoms with van der Waals surface area (Å²) < 4.78 is 15.9. The van der Waals surface area contributed by atoms with Gasteiger partial charge in [0.15, 0.2) is 11.5 Å². The SMILES string of the molecule is COc1ccc(CN(C(=O)CCc2ccc(OC)c(OC)c2)[C@H](C)C(=O)NC(C)(C)C)cc1.